The summed E-state index contributed by atoms with van der Waals surface area (Å²) in [6, 6.07) is 5.51. The Labute approximate surface area is 90.7 Å². The van der Waals surface area contributed by atoms with Crippen molar-refractivity contribution in [2.45, 2.75) is 13.8 Å². The molecule has 0 saturated carbocycles. The number of methoxy groups -OCH3 is 1. The summed E-state index contributed by atoms with van der Waals surface area (Å²) in [5.74, 6) is 0.779. The summed E-state index contributed by atoms with van der Waals surface area (Å²) < 4.78 is 5.18. The fourth-order valence-electron chi connectivity index (χ4n) is 1.32. The molecule has 0 aliphatic rings. The zero-order chi connectivity index (χ0) is 11.4. The number of carbonyl (C=O) groups excluding carboxylic acids is 1. The predicted molar refractivity (Wildman–Crippen MR) is 60.4 cm³/mol. The average molecular weight is 207 g/mol. The lowest BCUT2D eigenvalue weighted by molar-refractivity contribution is 0.0802. The molecule has 0 aliphatic carbocycles. The summed E-state index contributed by atoms with van der Waals surface area (Å²) in [4.78, 5) is 13.5. The Kier molecular flexibility index (Phi) is 3.72. The van der Waals surface area contributed by atoms with E-state index in [0.29, 0.717) is 12.1 Å². The van der Waals surface area contributed by atoms with Crippen LogP contribution in [0.4, 0.5) is 0 Å². The lowest BCUT2D eigenvalue weighted by Crippen LogP contribution is -2.26. The number of rotatable bonds is 3. The van der Waals surface area contributed by atoms with Crippen LogP contribution in [0.1, 0.15) is 22.8 Å². The molecule has 0 unspecified atom stereocenters. The van der Waals surface area contributed by atoms with Gasteiger partial charge in [0.25, 0.3) is 5.91 Å². The van der Waals surface area contributed by atoms with E-state index in [1.54, 1.807) is 25.1 Å². The maximum atomic E-state index is 11.8. The molecule has 0 bridgehead atoms. The Morgan fingerprint density at radius 2 is 2.13 bits per heavy atom. The van der Waals surface area contributed by atoms with Crippen LogP contribution in [0.25, 0.3) is 0 Å². The molecule has 0 N–H and O–H groups in total. The average Bonchev–Trinajstić information content (AvgIpc) is 2.27. The van der Waals surface area contributed by atoms with Crippen molar-refractivity contribution in [2.24, 2.45) is 0 Å². The minimum atomic E-state index is 0.0239. The molecule has 0 saturated heterocycles. The second-order valence-corrected chi connectivity index (χ2v) is 3.50. The molecule has 82 valence electrons. The van der Waals surface area contributed by atoms with Gasteiger partial charge in [0.1, 0.15) is 5.75 Å². The summed E-state index contributed by atoms with van der Waals surface area (Å²) in [6.45, 7) is 4.61. The Morgan fingerprint density at radius 1 is 1.47 bits per heavy atom. The van der Waals surface area contributed by atoms with Crippen LogP contribution in [0, 0.1) is 6.92 Å². The maximum absolute atomic E-state index is 11.8. The molecule has 0 heterocycles. The minimum absolute atomic E-state index is 0.0239. The zero-order valence-electron chi connectivity index (χ0n) is 9.70. The molecule has 1 amide bonds. The summed E-state index contributed by atoms with van der Waals surface area (Å²) in [6.07, 6.45) is 0. The van der Waals surface area contributed by atoms with E-state index >= 15 is 0 Å². The van der Waals surface area contributed by atoms with Crippen molar-refractivity contribution >= 4 is 5.91 Å². The van der Waals surface area contributed by atoms with Crippen LogP contribution in [-0.2, 0) is 0 Å². The monoisotopic (exact) mass is 207 g/mol. The van der Waals surface area contributed by atoms with Crippen LogP contribution in [0.3, 0.4) is 0 Å². The van der Waals surface area contributed by atoms with Crippen LogP contribution in [-0.4, -0.2) is 31.5 Å². The van der Waals surface area contributed by atoms with Gasteiger partial charge in [0, 0.05) is 19.2 Å². The molecule has 0 radical (unpaired) electrons. The second-order valence-electron chi connectivity index (χ2n) is 3.50. The second kappa shape index (κ2) is 4.82. The van der Waals surface area contributed by atoms with Crippen molar-refractivity contribution < 1.29 is 9.53 Å². The van der Waals surface area contributed by atoms with Crippen molar-refractivity contribution in [2.75, 3.05) is 20.7 Å². The highest BCUT2D eigenvalue weighted by Crippen LogP contribution is 2.19. The van der Waals surface area contributed by atoms with E-state index < -0.39 is 0 Å². The normalized spacial score (nSPS) is 9.87. The Bertz CT molecular complexity index is 361. The summed E-state index contributed by atoms with van der Waals surface area (Å²) in [5, 5.41) is 0. The number of ether oxygens (including phenoxy) is 1. The van der Waals surface area contributed by atoms with Gasteiger partial charge in [-0.1, -0.05) is 6.07 Å². The van der Waals surface area contributed by atoms with E-state index in [-0.39, 0.29) is 5.91 Å². The quantitative estimate of drug-likeness (QED) is 0.759. The van der Waals surface area contributed by atoms with Gasteiger partial charge in [-0.2, -0.15) is 0 Å². The first kappa shape index (κ1) is 11.6. The Hall–Kier alpha value is -1.51. The molecule has 1 aromatic carbocycles. The van der Waals surface area contributed by atoms with Crippen molar-refractivity contribution in [1.29, 1.82) is 0 Å². The Morgan fingerprint density at radius 3 is 2.67 bits per heavy atom. The van der Waals surface area contributed by atoms with Crippen LogP contribution >= 0.6 is 0 Å². The third kappa shape index (κ3) is 2.49. The molecule has 3 nitrogen and oxygen atoms in total. The van der Waals surface area contributed by atoms with Gasteiger partial charge in [-0.25, -0.2) is 0 Å². The van der Waals surface area contributed by atoms with Crippen molar-refractivity contribution in [3.8, 4) is 5.75 Å². The smallest absolute Gasteiger partial charge is 0.253 e. The summed E-state index contributed by atoms with van der Waals surface area (Å²) in [7, 11) is 3.40. The number of amides is 1. The molecule has 1 rings (SSSR count). The molecule has 0 aliphatic heterocycles. The lowest BCUT2D eigenvalue weighted by atomic mass is 10.1. The van der Waals surface area contributed by atoms with Crippen LogP contribution in [0.15, 0.2) is 18.2 Å². The highest BCUT2D eigenvalue weighted by molar-refractivity contribution is 5.94. The van der Waals surface area contributed by atoms with Crippen LogP contribution < -0.4 is 4.74 Å². The summed E-state index contributed by atoms with van der Waals surface area (Å²) >= 11 is 0. The zero-order valence-corrected chi connectivity index (χ0v) is 9.70. The summed E-state index contributed by atoms with van der Waals surface area (Å²) in [5.41, 5.74) is 1.70. The van der Waals surface area contributed by atoms with Gasteiger partial charge in [0.15, 0.2) is 0 Å². The molecular weight excluding hydrogens is 190 g/mol. The molecule has 3 heteroatoms. The first-order valence-electron chi connectivity index (χ1n) is 5.00. The van der Waals surface area contributed by atoms with E-state index in [4.69, 9.17) is 4.74 Å². The molecule has 15 heavy (non-hydrogen) atoms. The van der Waals surface area contributed by atoms with E-state index in [0.717, 1.165) is 11.3 Å². The maximum Gasteiger partial charge on any atom is 0.253 e. The van der Waals surface area contributed by atoms with Gasteiger partial charge in [0.05, 0.1) is 7.11 Å². The first-order chi connectivity index (χ1) is 7.10. The topological polar surface area (TPSA) is 29.5 Å². The van der Waals surface area contributed by atoms with Gasteiger partial charge in [0.2, 0.25) is 0 Å². The lowest BCUT2D eigenvalue weighted by Gasteiger charge is -2.15. The van der Waals surface area contributed by atoms with E-state index in [2.05, 4.69) is 0 Å². The number of nitrogens with zero attached hydrogens (tertiary/aromatic N) is 1. The number of hydrogen-bond donors (Lipinski definition) is 0. The van der Waals surface area contributed by atoms with Crippen molar-refractivity contribution in [3.63, 3.8) is 0 Å². The largest absolute Gasteiger partial charge is 0.496 e. The molecule has 0 fully saturated rings. The Balaban J connectivity index is 3.01. The number of benzene rings is 1. The highest BCUT2D eigenvalue weighted by atomic mass is 16.5. The highest BCUT2D eigenvalue weighted by Gasteiger charge is 2.11. The standard InChI is InChI=1S/C12H17NO2/c1-5-13(3)12(14)10-7-6-9(2)11(8-10)15-4/h6-8H,5H2,1-4H3. The van der Waals surface area contributed by atoms with Crippen molar-refractivity contribution in [1.82, 2.24) is 4.90 Å². The van der Waals surface area contributed by atoms with Crippen LogP contribution in [0.2, 0.25) is 0 Å². The van der Waals surface area contributed by atoms with Gasteiger partial charge < -0.3 is 9.64 Å². The molecule has 0 spiro atoms. The van der Waals surface area contributed by atoms with E-state index in [9.17, 15) is 4.79 Å². The SMILES string of the molecule is CCN(C)C(=O)c1ccc(C)c(OC)c1. The van der Waals surface area contributed by atoms with Crippen LogP contribution in [0.5, 0.6) is 5.75 Å². The molecular formula is C12H17NO2. The third-order valence-corrected chi connectivity index (χ3v) is 2.48. The van der Waals surface area contributed by atoms with Gasteiger partial charge in [-0.15, -0.1) is 0 Å². The van der Waals surface area contributed by atoms with Gasteiger partial charge in [-0.05, 0) is 31.5 Å². The predicted octanol–water partition coefficient (Wildman–Crippen LogP) is 2.10. The minimum Gasteiger partial charge on any atom is -0.496 e. The van der Waals surface area contributed by atoms with Gasteiger partial charge >= 0.3 is 0 Å². The molecule has 1 aromatic rings. The van der Waals surface area contributed by atoms with E-state index in [1.165, 1.54) is 0 Å². The number of aryl methyl sites for hydroxylation is 1. The van der Waals surface area contributed by atoms with Gasteiger partial charge in [-0.3, -0.25) is 4.79 Å². The molecule has 0 aromatic heterocycles. The van der Waals surface area contributed by atoms with E-state index in [1.807, 2.05) is 26.0 Å². The van der Waals surface area contributed by atoms with Crippen molar-refractivity contribution in [3.05, 3.63) is 29.3 Å². The fraction of sp³-hybridized carbons (Fsp3) is 0.417. The molecule has 0 atom stereocenters. The first-order valence-corrected chi connectivity index (χ1v) is 5.00. The number of carbonyl (C=O) groups is 1. The fourth-order valence-corrected chi connectivity index (χ4v) is 1.32. The third-order valence-electron chi connectivity index (χ3n) is 2.48. The number of hydrogen-bond acceptors (Lipinski definition) is 2.